The highest BCUT2D eigenvalue weighted by atomic mass is 19.1. The van der Waals surface area contributed by atoms with Crippen molar-refractivity contribution in [2.45, 2.75) is 33.2 Å². The van der Waals surface area contributed by atoms with E-state index in [1.165, 1.54) is 12.1 Å². The van der Waals surface area contributed by atoms with Crippen molar-refractivity contribution in [3.05, 3.63) is 70.5 Å². The molecule has 34 heavy (non-hydrogen) atoms. The Kier molecular flexibility index (Phi) is 7.26. The molecule has 0 aliphatic carbocycles. The normalized spacial score (nSPS) is 18.7. The van der Waals surface area contributed by atoms with Gasteiger partial charge in [0.05, 0.1) is 24.9 Å². The smallest absolute Gasteiger partial charge is 0.409 e. The fourth-order valence-corrected chi connectivity index (χ4v) is 4.49. The highest BCUT2D eigenvalue weighted by molar-refractivity contribution is 6.03. The van der Waals surface area contributed by atoms with E-state index < -0.39 is 0 Å². The summed E-state index contributed by atoms with van der Waals surface area (Å²) in [4.78, 5) is 29.1. The molecule has 1 fully saturated rings. The molecule has 1 unspecified atom stereocenters. The summed E-state index contributed by atoms with van der Waals surface area (Å²) in [6.07, 6.45) is 0.259. The minimum Gasteiger partial charge on any atom is -0.450 e. The zero-order chi connectivity index (χ0) is 24.2. The Morgan fingerprint density at radius 2 is 1.76 bits per heavy atom. The third-order valence-electron chi connectivity index (χ3n) is 6.39. The molecule has 8 heteroatoms. The van der Waals surface area contributed by atoms with Crippen molar-refractivity contribution in [1.29, 1.82) is 0 Å². The van der Waals surface area contributed by atoms with Gasteiger partial charge in [0.25, 0.3) is 5.91 Å². The van der Waals surface area contributed by atoms with Crippen LogP contribution >= 0.6 is 0 Å². The van der Waals surface area contributed by atoms with E-state index in [0.29, 0.717) is 39.2 Å². The highest BCUT2D eigenvalue weighted by Gasteiger charge is 2.35. The summed E-state index contributed by atoms with van der Waals surface area (Å²) in [5.74, 6) is -0.393. The second-order valence-electron chi connectivity index (χ2n) is 8.83. The topological polar surface area (TPSA) is 65.5 Å². The number of piperazine rings is 1. The Bertz CT molecular complexity index is 1080. The van der Waals surface area contributed by atoms with Crippen LogP contribution in [-0.2, 0) is 9.53 Å². The number of hydrogen-bond donors (Lipinski definition) is 0. The van der Waals surface area contributed by atoms with Gasteiger partial charge in [-0.1, -0.05) is 35.9 Å². The Labute approximate surface area is 199 Å². The third kappa shape index (κ3) is 5.28. The molecule has 2 aromatic rings. The van der Waals surface area contributed by atoms with Crippen LogP contribution in [0.25, 0.3) is 0 Å². The number of halogens is 1. The van der Waals surface area contributed by atoms with Crippen molar-refractivity contribution in [2.24, 2.45) is 5.10 Å². The summed E-state index contributed by atoms with van der Waals surface area (Å²) < 4.78 is 18.5. The van der Waals surface area contributed by atoms with Crippen LogP contribution in [-0.4, -0.2) is 71.9 Å². The standard InChI is InChI=1S/C26H31FN4O3/c1-4-34-26(33)30-13-11-29(12-14-30)17-25(32)31-24(22-15-18(2)5-6-19(22)3)16-23(28-31)20-7-9-21(27)10-8-20/h5-10,15,24H,4,11-14,16-17H2,1-3H3. The van der Waals surface area contributed by atoms with Gasteiger partial charge in [0, 0.05) is 32.6 Å². The maximum absolute atomic E-state index is 13.5. The molecule has 1 atom stereocenters. The maximum Gasteiger partial charge on any atom is 0.409 e. The minimum atomic E-state index is -0.309. The van der Waals surface area contributed by atoms with Crippen LogP contribution < -0.4 is 0 Å². The number of carbonyl (C=O) groups is 2. The second kappa shape index (κ2) is 10.3. The molecule has 4 rings (SSSR count). The predicted molar refractivity (Wildman–Crippen MR) is 128 cm³/mol. The first kappa shape index (κ1) is 23.9. The number of amides is 2. The Morgan fingerprint density at radius 3 is 2.44 bits per heavy atom. The fourth-order valence-electron chi connectivity index (χ4n) is 4.49. The van der Waals surface area contributed by atoms with Gasteiger partial charge in [0.2, 0.25) is 0 Å². The first-order chi connectivity index (χ1) is 16.4. The van der Waals surface area contributed by atoms with Gasteiger partial charge in [-0.05, 0) is 49.6 Å². The summed E-state index contributed by atoms with van der Waals surface area (Å²) in [5, 5.41) is 6.31. The molecule has 1 saturated heterocycles. The van der Waals surface area contributed by atoms with Crippen LogP contribution in [0.5, 0.6) is 0 Å². The lowest BCUT2D eigenvalue weighted by Gasteiger charge is -2.34. The molecular formula is C26H31FN4O3. The molecule has 2 aliphatic heterocycles. The van der Waals surface area contributed by atoms with E-state index in [2.05, 4.69) is 18.2 Å². The van der Waals surface area contributed by atoms with Crippen molar-refractivity contribution in [3.8, 4) is 0 Å². The zero-order valence-corrected chi connectivity index (χ0v) is 20.0. The quantitative estimate of drug-likeness (QED) is 0.671. The molecule has 0 bridgehead atoms. The Hall–Kier alpha value is -3.26. The minimum absolute atomic E-state index is 0.0902. The number of hydrazone groups is 1. The highest BCUT2D eigenvalue weighted by Crippen LogP contribution is 2.35. The van der Waals surface area contributed by atoms with Crippen LogP contribution in [0.15, 0.2) is 47.6 Å². The van der Waals surface area contributed by atoms with Crippen LogP contribution in [0, 0.1) is 19.7 Å². The molecule has 180 valence electrons. The zero-order valence-electron chi connectivity index (χ0n) is 20.0. The fraction of sp³-hybridized carbons (Fsp3) is 0.423. The summed E-state index contributed by atoms with van der Waals surface area (Å²) in [6, 6.07) is 12.3. The summed E-state index contributed by atoms with van der Waals surface area (Å²) >= 11 is 0. The number of nitrogens with zero attached hydrogens (tertiary/aromatic N) is 4. The average molecular weight is 467 g/mol. The van der Waals surface area contributed by atoms with Gasteiger partial charge in [-0.25, -0.2) is 14.2 Å². The number of rotatable bonds is 5. The molecule has 0 N–H and O–H groups in total. The van der Waals surface area contributed by atoms with E-state index in [1.807, 2.05) is 18.7 Å². The molecule has 2 heterocycles. The number of benzene rings is 2. The Balaban J connectivity index is 1.52. The molecule has 2 aliphatic rings. The molecular weight excluding hydrogens is 435 g/mol. The SMILES string of the molecule is CCOC(=O)N1CCN(CC(=O)N2N=C(c3ccc(F)cc3)CC2c2cc(C)ccc2C)CC1. The number of aryl methyl sites for hydroxylation is 2. The van der Waals surface area contributed by atoms with Crippen molar-refractivity contribution in [1.82, 2.24) is 14.8 Å². The number of carbonyl (C=O) groups excluding carboxylic acids is 2. The average Bonchev–Trinajstić information content (AvgIpc) is 3.27. The lowest BCUT2D eigenvalue weighted by Crippen LogP contribution is -2.51. The third-order valence-corrected chi connectivity index (χ3v) is 6.39. The monoisotopic (exact) mass is 466 g/mol. The van der Waals surface area contributed by atoms with E-state index >= 15 is 0 Å². The molecule has 0 radical (unpaired) electrons. The van der Waals surface area contributed by atoms with Crippen molar-refractivity contribution in [2.75, 3.05) is 39.3 Å². The van der Waals surface area contributed by atoms with E-state index in [1.54, 1.807) is 29.0 Å². The molecule has 0 saturated carbocycles. The van der Waals surface area contributed by atoms with Gasteiger partial charge in [0.15, 0.2) is 0 Å². The van der Waals surface area contributed by atoms with E-state index in [0.717, 1.165) is 28.0 Å². The van der Waals surface area contributed by atoms with Gasteiger partial charge < -0.3 is 9.64 Å². The van der Waals surface area contributed by atoms with Gasteiger partial charge in [-0.2, -0.15) is 5.10 Å². The summed E-state index contributed by atoms with van der Waals surface area (Å²) in [5.41, 5.74) is 4.88. The molecule has 2 aromatic carbocycles. The maximum atomic E-state index is 13.5. The van der Waals surface area contributed by atoms with E-state index in [9.17, 15) is 14.0 Å². The largest absolute Gasteiger partial charge is 0.450 e. The first-order valence-electron chi connectivity index (χ1n) is 11.7. The second-order valence-corrected chi connectivity index (χ2v) is 8.83. The predicted octanol–water partition coefficient (Wildman–Crippen LogP) is 3.89. The molecule has 7 nitrogen and oxygen atoms in total. The molecule has 2 amide bonds. The van der Waals surface area contributed by atoms with Gasteiger partial charge in [-0.15, -0.1) is 0 Å². The van der Waals surface area contributed by atoms with Crippen molar-refractivity contribution >= 4 is 17.7 Å². The van der Waals surface area contributed by atoms with Crippen LogP contribution in [0.1, 0.15) is 41.6 Å². The van der Waals surface area contributed by atoms with E-state index in [4.69, 9.17) is 9.84 Å². The Morgan fingerprint density at radius 1 is 1.06 bits per heavy atom. The number of hydrogen-bond acceptors (Lipinski definition) is 5. The van der Waals surface area contributed by atoms with Crippen LogP contribution in [0.2, 0.25) is 0 Å². The van der Waals surface area contributed by atoms with Gasteiger partial charge in [0.1, 0.15) is 5.82 Å². The molecule has 0 spiro atoms. The van der Waals surface area contributed by atoms with Crippen LogP contribution in [0.3, 0.4) is 0 Å². The first-order valence-corrected chi connectivity index (χ1v) is 11.7. The van der Waals surface area contributed by atoms with Gasteiger partial charge in [-0.3, -0.25) is 9.69 Å². The van der Waals surface area contributed by atoms with Gasteiger partial charge >= 0.3 is 6.09 Å². The van der Waals surface area contributed by atoms with Crippen LogP contribution in [0.4, 0.5) is 9.18 Å². The van der Waals surface area contributed by atoms with E-state index in [-0.39, 0.29) is 30.4 Å². The number of ether oxygens (including phenoxy) is 1. The lowest BCUT2D eigenvalue weighted by atomic mass is 9.94. The van der Waals surface area contributed by atoms with Crippen molar-refractivity contribution in [3.63, 3.8) is 0 Å². The lowest BCUT2D eigenvalue weighted by molar-refractivity contribution is -0.134. The molecule has 0 aromatic heterocycles. The van der Waals surface area contributed by atoms with Crippen molar-refractivity contribution < 1.29 is 18.7 Å². The summed E-state index contributed by atoms with van der Waals surface area (Å²) in [7, 11) is 0. The summed E-state index contributed by atoms with van der Waals surface area (Å²) in [6.45, 7) is 8.68.